The maximum atomic E-state index is 12.3. The molecule has 2 amide bonds. The van der Waals surface area contributed by atoms with Gasteiger partial charge in [0.1, 0.15) is 13.7 Å². The first-order valence-corrected chi connectivity index (χ1v) is 7.58. The number of benzene rings is 2. The van der Waals surface area contributed by atoms with Crippen molar-refractivity contribution >= 4 is 23.5 Å². The first kappa shape index (κ1) is 17.3. The highest BCUT2D eigenvalue weighted by molar-refractivity contribution is 6.42. The molecule has 1 aliphatic heterocycles. The summed E-state index contributed by atoms with van der Waals surface area (Å²) in [5, 5.41) is 13.5. The molecule has 0 unspecified atom stereocenters. The molecule has 0 aromatic heterocycles. The lowest BCUT2D eigenvalue weighted by atomic mass is 10.0. The fourth-order valence-electron chi connectivity index (χ4n) is 2.59. The van der Waals surface area contributed by atoms with Crippen LogP contribution >= 0.6 is 0 Å². The van der Waals surface area contributed by atoms with E-state index in [1.54, 1.807) is 42.5 Å². The molecular weight excluding hydrogens is 340 g/mol. The molecule has 1 heterocycles. The summed E-state index contributed by atoms with van der Waals surface area (Å²) in [5.41, 5.74) is 0.908. The zero-order valence-corrected chi connectivity index (χ0v) is 13.7. The number of carboxylic acid groups (broad SMARTS) is 1. The van der Waals surface area contributed by atoms with Crippen LogP contribution in [0, 0.1) is 0 Å². The van der Waals surface area contributed by atoms with Crippen molar-refractivity contribution in [1.82, 2.24) is 5.06 Å². The summed E-state index contributed by atoms with van der Waals surface area (Å²) in [6.07, 6.45) is 0. The van der Waals surface area contributed by atoms with Gasteiger partial charge in [0.25, 0.3) is 11.8 Å². The zero-order chi connectivity index (χ0) is 18.7. The maximum Gasteiger partial charge on any atom is 0.358 e. The standard InChI is InChI=1S/C18H14N2O6/c1-25-19-15(18(23)24)12-7-3-2-6-11(12)10-26-20-16(21)13-8-4-5-9-14(13)17(20)22/h2-9H,10H2,1H3,(H,23,24)/b19-15+. The van der Waals surface area contributed by atoms with Crippen LogP contribution in [0.3, 0.4) is 0 Å². The molecule has 0 fully saturated rings. The lowest BCUT2D eigenvalue weighted by Crippen LogP contribution is -2.30. The van der Waals surface area contributed by atoms with Gasteiger partial charge in [-0.3, -0.25) is 14.4 Å². The van der Waals surface area contributed by atoms with Crippen molar-refractivity contribution in [1.29, 1.82) is 0 Å². The lowest BCUT2D eigenvalue weighted by Gasteiger charge is -2.15. The molecule has 0 saturated heterocycles. The van der Waals surface area contributed by atoms with E-state index in [1.165, 1.54) is 13.2 Å². The third-order valence-corrected chi connectivity index (χ3v) is 3.76. The van der Waals surface area contributed by atoms with Crippen LogP contribution < -0.4 is 0 Å². The molecule has 132 valence electrons. The van der Waals surface area contributed by atoms with E-state index in [1.807, 2.05) is 0 Å². The van der Waals surface area contributed by atoms with Crippen molar-refractivity contribution in [3.63, 3.8) is 0 Å². The average Bonchev–Trinajstić information content (AvgIpc) is 2.89. The van der Waals surface area contributed by atoms with Gasteiger partial charge in [0.05, 0.1) is 11.1 Å². The van der Waals surface area contributed by atoms with Gasteiger partial charge in [-0.05, 0) is 17.7 Å². The number of oxime groups is 1. The third kappa shape index (κ3) is 3.05. The van der Waals surface area contributed by atoms with Crippen LogP contribution in [-0.4, -0.2) is 40.8 Å². The van der Waals surface area contributed by atoms with Gasteiger partial charge < -0.3 is 9.94 Å². The van der Waals surface area contributed by atoms with Crippen LogP contribution in [0.1, 0.15) is 31.8 Å². The molecule has 8 nitrogen and oxygen atoms in total. The Bertz CT molecular complexity index is 886. The first-order valence-electron chi connectivity index (χ1n) is 7.58. The Balaban J connectivity index is 1.84. The number of amides is 2. The van der Waals surface area contributed by atoms with E-state index < -0.39 is 17.8 Å². The molecule has 2 aromatic rings. The Morgan fingerprint density at radius 2 is 1.62 bits per heavy atom. The van der Waals surface area contributed by atoms with Crippen molar-refractivity contribution in [3.8, 4) is 0 Å². The van der Waals surface area contributed by atoms with Gasteiger partial charge in [-0.1, -0.05) is 41.6 Å². The van der Waals surface area contributed by atoms with Gasteiger partial charge in [-0.25, -0.2) is 4.79 Å². The van der Waals surface area contributed by atoms with Crippen LogP contribution in [0.2, 0.25) is 0 Å². The molecule has 0 spiro atoms. The Labute approximate surface area is 148 Å². The number of nitrogens with zero attached hydrogens (tertiary/aromatic N) is 2. The number of carbonyl (C=O) groups is 3. The molecule has 0 bridgehead atoms. The highest BCUT2D eigenvalue weighted by Gasteiger charge is 2.36. The number of aliphatic carboxylic acids is 1. The van der Waals surface area contributed by atoms with E-state index in [9.17, 15) is 19.5 Å². The van der Waals surface area contributed by atoms with E-state index in [0.29, 0.717) is 10.6 Å². The van der Waals surface area contributed by atoms with Crippen molar-refractivity contribution in [2.24, 2.45) is 5.16 Å². The second-order valence-corrected chi connectivity index (χ2v) is 5.31. The summed E-state index contributed by atoms with van der Waals surface area (Å²) in [6.45, 7) is -0.197. The molecular formula is C18H14N2O6. The van der Waals surface area contributed by atoms with Crippen molar-refractivity contribution < 1.29 is 29.2 Å². The Morgan fingerprint density at radius 3 is 2.19 bits per heavy atom. The molecule has 2 aromatic carbocycles. The monoisotopic (exact) mass is 354 g/mol. The van der Waals surface area contributed by atoms with E-state index in [4.69, 9.17) is 4.84 Å². The number of imide groups is 1. The van der Waals surface area contributed by atoms with Gasteiger partial charge in [0, 0.05) is 5.56 Å². The summed E-state index contributed by atoms with van der Waals surface area (Å²) < 4.78 is 0. The molecule has 0 saturated carbocycles. The van der Waals surface area contributed by atoms with Crippen molar-refractivity contribution in [2.75, 3.05) is 7.11 Å². The SMILES string of the molecule is CO/N=C(/C(=O)O)c1ccccc1CON1C(=O)c2ccccc2C1=O. The van der Waals surface area contributed by atoms with Gasteiger partial charge in [-0.15, -0.1) is 5.06 Å². The summed E-state index contributed by atoms with van der Waals surface area (Å²) in [6, 6.07) is 12.9. The Kier molecular flexibility index (Phi) is 4.76. The minimum atomic E-state index is -1.28. The van der Waals surface area contributed by atoms with Crippen LogP contribution in [0.25, 0.3) is 0 Å². The number of fused-ring (bicyclic) bond motifs is 1. The smallest absolute Gasteiger partial charge is 0.358 e. The molecule has 1 N–H and O–H groups in total. The van der Waals surface area contributed by atoms with Crippen molar-refractivity contribution in [2.45, 2.75) is 6.61 Å². The summed E-state index contributed by atoms with van der Waals surface area (Å²) >= 11 is 0. The molecule has 0 aliphatic carbocycles. The third-order valence-electron chi connectivity index (χ3n) is 3.76. The van der Waals surface area contributed by atoms with Crippen molar-refractivity contribution in [3.05, 3.63) is 70.8 Å². The number of hydroxylamine groups is 2. The maximum absolute atomic E-state index is 12.3. The topological polar surface area (TPSA) is 106 Å². The molecule has 8 heteroatoms. The lowest BCUT2D eigenvalue weighted by molar-refractivity contribution is -0.129. The van der Waals surface area contributed by atoms with Crippen LogP contribution in [-0.2, 0) is 21.1 Å². The first-order chi connectivity index (χ1) is 12.5. The van der Waals surface area contributed by atoms with Gasteiger partial charge >= 0.3 is 5.97 Å². The minimum Gasteiger partial charge on any atom is -0.476 e. The second-order valence-electron chi connectivity index (χ2n) is 5.31. The fourth-order valence-corrected chi connectivity index (χ4v) is 2.59. The van der Waals surface area contributed by atoms with Gasteiger partial charge in [0.2, 0.25) is 0 Å². The molecule has 26 heavy (non-hydrogen) atoms. The van der Waals surface area contributed by atoms with E-state index in [2.05, 4.69) is 9.99 Å². The van der Waals surface area contributed by atoms with Gasteiger partial charge in [0.15, 0.2) is 5.71 Å². The number of carboxylic acids is 1. The van der Waals surface area contributed by atoms with E-state index in [-0.39, 0.29) is 29.0 Å². The summed E-state index contributed by atoms with van der Waals surface area (Å²) in [7, 11) is 1.24. The zero-order valence-electron chi connectivity index (χ0n) is 13.7. The molecule has 0 radical (unpaired) electrons. The quantitative estimate of drug-likeness (QED) is 0.482. The largest absolute Gasteiger partial charge is 0.476 e. The Morgan fingerprint density at radius 1 is 1.04 bits per heavy atom. The number of rotatable bonds is 6. The predicted octanol–water partition coefficient (Wildman–Crippen LogP) is 1.85. The molecule has 0 atom stereocenters. The van der Waals surface area contributed by atoms with Crippen LogP contribution in [0.4, 0.5) is 0 Å². The van der Waals surface area contributed by atoms with Crippen LogP contribution in [0.5, 0.6) is 0 Å². The average molecular weight is 354 g/mol. The predicted molar refractivity (Wildman–Crippen MR) is 89.4 cm³/mol. The summed E-state index contributed by atoms with van der Waals surface area (Å²) in [5.74, 6) is -2.40. The number of hydrogen-bond acceptors (Lipinski definition) is 6. The van der Waals surface area contributed by atoms with Gasteiger partial charge in [-0.2, -0.15) is 0 Å². The normalized spacial score (nSPS) is 13.7. The molecule has 1 aliphatic rings. The summed E-state index contributed by atoms with van der Waals surface area (Å²) in [4.78, 5) is 46.0. The Hall–Kier alpha value is -3.52. The van der Waals surface area contributed by atoms with Crippen LogP contribution in [0.15, 0.2) is 53.7 Å². The highest BCUT2D eigenvalue weighted by atomic mass is 16.7. The number of carbonyl (C=O) groups excluding carboxylic acids is 2. The van der Waals surface area contributed by atoms with E-state index in [0.717, 1.165) is 0 Å². The fraction of sp³-hybridized carbons (Fsp3) is 0.111. The number of hydrogen-bond donors (Lipinski definition) is 1. The highest BCUT2D eigenvalue weighted by Crippen LogP contribution is 2.24. The molecule has 3 rings (SSSR count). The second kappa shape index (κ2) is 7.16. The van der Waals surface area contributed by atoms with E-state index >= 15 is 0 Å². The minimum absolute atomic E-state index is 0.197.